The van der Waals surface area contributed by atoms with Crippen LogP contribution in [0.25, 0.3) is 0 Å². The van der Waals surface area contributed by atoms with E-state index in [1.165, 1.54) is 27.5 Å². The molecule has 1 atom stereocenters. The SMILES string of the molecule is C[C@@H](Sc1ccccc1)C(=O)N(Cc1ccco1)c1c(N)n(Cc2ccccc2)c(=O)[nH]c1=O. The van der Waals surface area contributed by atoms with Crippen molar-refractivity contribution in [1.29, 1.82) is 0 Å². The summed E-state index contributed by atoms with van der Waals surface area (Å²) in [6, 6.07) is 22.2. The molecule has 0 radical (unpaired) electrons. The summed E-state index contributed by atoms with van der Waals surface area (Å²) in [6.07, 6.45) is 1.49. The Bertz CT molecular complexity index is 1370. The van der Waals surface area contributed by atoms with Crippen molar-refractivity contribution in [3.05, 3.63) is 111 Å². The largest absolute Gasteiger partial charge is 0.467 e. The van der Waals surface area contributed by atoms with Crippen molar-refractivity contribution in [3.8, 4) is 0 Å². The summed E-state index contributed by atoms with van der Waals surface area (Å²) in [7, 11) is 0. The molecule has 0 aliphatic carbocycles. The molecule has 0 unspecified atom stereocenters. The van der Waals surface area contributed by atoms with E-state index in [0.29, 0.717) is 5.76 Å². The van der Waals surface area contributed by atoms with Gasteiger partial charge in [-0.2, -0.15) is 0 Å². The first-order valence-electron chi connectivity index (χ1n) is 10.7. The highest BCUT2D eigenvalue weighted by molar-refractivity contribution is 8.00. The monoisotopic (exact) mass is 476 g/mol. The molecule has 34 heavy (non-hydrogen) atoms. The number of H-pyrrole nitrogens is 1. The summed E-state index contributed by atoms with van der Waals surface area (Å²) in [5.41, 5.74) is 5.73. The summed E-state index contributed by atoms with van der Waals surface area (Å²) in [5.74, 6) is 0.0478. The Morgan fingerprint density at radius 1 is 1.06 bits per heavy atom. The van der Waals surface area contributed by atoms with Crippen molar-refractivity contribution in [1.82, 2.24) is 9.55 Å². The molecule has 2 aromatic carbocycles. The average molecular weight is 477 g/mol. The zero-order valence-electron chi connectivity index (χ0n) is 18.5. The number of anilines is 2. The number of benzene rings is 2. The highest BCUT2D eigenvalue weighted by Crippen LogP contribution is 2.28. The van der Waals surface area contributed by atoms with Gasteiger partial charge in [0.1, 0.15) is 11.6 Å². The Labute approximate surface area is 200 Å². The van der Waals surface area contributed by atoms with Gasteiger partial charge in [0.25, 0.3) is 5.56 Å². The topological polar surface area (TPSA) is 114 Å². The molecule has 0 saturated heterocycles. The third-order valence-corrected chi connectivity index (χ3v) is 6.33. The van der Waals surface area contributed by atoms with Gasteiger partial charge in [0, 0.05) is 4.90 Å². The summed E-state index contributed by atoms with van der Waals surface area (Å²) in [4.78, 5) is 43.7. The Hall–Kier alpha value is -3.98. The first kappa shape index (κ1) is 23.2. The molecule has 0 aliphatic heterocycles. The minimum absolute atomic E-state index is 0.0116. The fraction of sp³-hybridized carbons (Fsp3) is 0.160. The molecule has 0 spiro atoms. The maximum Gasteiger partial charge on any atom is 0.330 e. The van der Waals surface area contributed by atoms with Crippen LogP contribution in [0, 0.1) is 0 Å². The van der Waals surface area contributed by atoms with Crippen molar-refractivity contribution in [3.63, 3.8) is 0 Å². The molecule has 0 bridgehead atoms. The molecular formula is C25H24N4O4S. The van der Waals surface area contributed by atoms with Crippen molar-refractivity contribution in [2.75, 3.05) is 10.6 Å². The number of hydrogen-bond donors (Lipinski definition) is 2. The second kappa shape index (κ2) is 10.3. The number of rotatable bonds is 8. The summed E-state index contributed by atoms with van der Waals surface area (Å²) in [5, 5.41) is -0.536. The molecule has 9 heteroatoms. The summed E-state index contributed by atoms with van der Waals surface area (Å²) < 4.78 is 6.69. The van der Waals surface area contributed by atoms with Crippen LogP contribution < -0.4 is 21.9 Å². The molecule has 174 valence electrons. The van der Waals surface area contributed by atoms with E-state index < -0.39 is 16.5 Å². The zero-order chi connectivity index (χ0) is 24.1. The molecule has 0 aliphatic rings. The van der Waals surface area contributed by atoms with E-state index in [0.717, 1.165) is 10.5 Å². The number of carbonyl (C=O) groups excluding carboxylic acids is 1. The Kier molecular flexibility index (Phi) is 7.03. The Balaban J connectivity index is 1.75. The quantitative estimate of drug-likeness (QED) is 0.377. The van der Waals surface area contributed by atoms with E-state index in [-0.39, 0.29) is 30.5 Å². The summed E-state index contributed by atoms with van der Waals surface area (Å²) in [6.45, 7) is 1.90. The van der Waals surface area contributed by atoms with Gasteiger partial charge in [0.15, 0.2) is 5.69 Å². The lowest BCUT2D eigenvalue weighted by Crippen LogP contribution is -2.43. The van der Waals surface area contributed by atoms with Crippen LogP contribution in [-0.4, -0.2) is 20.7 Å². The van der Waals surface area contributed by atoms with Crippen LogP contribution in [-0.2, 0) is 17.9 Å². The van der Waals surface area contributed by atoms with E-state index in [9.17, 15) is 14.4 Å². The average Bonchev–Trinajstić information content (AvgIpc) is 3.35. The third-order valence-electron chi connectivity index (χ3n) is 5.23. The lowest BCUT2D eigenvalue weighted by atomic mass is 10.2. The van der Waals surface area contributed by atoms with Crippen LogP contribution in [0.15, 0.2) is 98.0 Å². The predicted molar refractivity (Wildman–Crippen MR) is 133 cm³/mol. The zero-order valence-corrected chi connectivity index (χ0v) is 19.3. The molecule has 4 rings (SSSR count). The second-order valence-corrected chi connectivity index (χ2v) is 9.06. The van der Waals surface area contributed by atoms with Gasteiger partial charge in [-0.25, -0.2) is 4.79 Å². The minimum Gasteiger partial charge on any atom is -0.467 e. The smallest absolute Gasteiger partial charge is 0.330 e. The second-order valence-electron chi connectivity index (χ2n) is 7.64. The van der Waals surface area contributed by atoms with E-state index >= 15 is 0 Å². The van der Waals surface area contributed by atoms with Crippen LogP contribution in [0.1, 0.15) is 18.2 Å². The highest BCUT2D eigenvalue weighted by atomic mass is 32.2. The summed E-state index contributed by atoms with van der Waals surface area (Å²) >= 11 is 1.37. The number of aromatic nitrogens is 2. The Morgan fingerprint density at radius 3 is 2.38 bits per heavy atom. The number of hydrogen-bond acceptors (Lipinski definition) is 6. The number of nitrogens with zero attached hydrogens (tertiary/aromatic N) is 2. The number of nitrogen functional groups attached to an aromatic ring is 1. The lowest BCUT2D eigenvalue weighted by Gasteiger charge is -2.26. The molecule has 4 aromatic rings. The fourth-order valence-corrected chi connectivity index (χ4v) is 4.51. The number of furan rings is 1. The van der Waals surface area contributed by atoms with Gasteiger partial charge in [-0.05, 0) is 36.8 Å². The van der Waals surface area contributed by atoms with Crippen LogP contribution in [0.5, 0.6) is 0 Å². The third kappa shape index (κ3) is 5.15. The number of carbonyl (C=O) groups is 1. The number of nitrogens with one attached hydrogen (secondary N) is 1. The van der Waals surface area contributed by atoms with Crippen LogP contribution in [0.4, 0.5) is 11.5 Å². The van der Waals surface area contributed by atoms with Crippen LogP contribution in [0.2, 0.25) is 0 Å². The number of amides is 1. The van der Waals surface area contributed by atoms with Gasteiger partial charge < -0.3 is 10.2 Å². The van der Waals surface area contributed by atoms with E-state index in [4.69, 9.17) is 10.2 Å². The van der Waals surface area contributed by atoms with Gasteiger partial charge in [0.2, 0.25) is 5.91 Å². The number of thioether (sulfide) groups is 1. The van der Waals surface area contributed by atoms with Crippen LogP contribution >= 0.6 is 11.8 Å². The molecule has 1 amide bonds. The lowest BCUT2D eigenvalue weighted by molar-refractivity contribution is -0.118. The van der Waals surface area contributed by atoms with Crippen LogP contribution in [0.3, 0.4) is 0 Å². The molecule has 0 saturated carbocycles. The normalized spacial score (nSPS) is 11.8. The van der Waals surface area contributed by atoms with Gasteiger partial charge in [-0.1, -0.05) is 48.5 Å². The maximum atomic E-state index is 13.6. The predicted octanol–water partition coefficient (Wildman–Crippen LogP) is 3.47. The van der Waals surface area contributed by atoms with Gasteiger partial charge >= 0.3 is 5.69 Å². The molecule has 8 nitrogen and oxygen atoms in total. The van der Waals surface area contributed by atoms with E-state index in [1.54, 1.807) is 19.1 Å². The maximum absolute atomic E-state index is 13.6. The first-order valence-corrected chi connectivity index (χ1v) is 11.5. The van der Waals surface area contributed by atoms with Gasteiger partial charge in [0.05, 0.1) is 24.6 Å². The highest BCUT2D eigenvalue weighted by Gasteiger charge is 2.29. The molecule has 2 aromatic heterocycles. The minimum atomic E-state index is -0.733. The van der Waals surface area contributed by atoms with Crippen molar-refractivity contribution in [2.45, 2.75) is 30.2 Å². The fourth-order valence-electron chi connectivity index (χ4n) is 3.56. The molecule has 2 heterocycles. The number of aromatic amines is 1. The van der Waals surface area contributed by atoms with Crippen molar-refractivity contribution in [2.24, 2.45) is 0 Å². The van der Waals surface area contributed by atoms with Crippen molar-refractivity contribution >= 4 is 29.2 Å². The molecule has 3 N–H and O–H groups in total. The van der Waals surface area contributed by atoms with Crippen molar-refractivity contribution < 1.29 is 9.21 Å². The Morgan fingerprint density at radius 2 is 1.74 bits per heavy atom. The standard InChI is InChI=1S/C25H24N4O4S/c1-17(34-20-12-6-3-7-13-20)24(31)28(16-19-11-8-14-33-19)21-22(26)29(25(32)27-23(21)30)15-18-9-4-2-5-10-18/h2-14,17H,15-16,26H2,1H3,(H,27,30,32)/t17-/m1/s1. The molecular weight excluding hydrogens is 452 g/mol. The van der Waals surface area contributed by atoms with Gasteiger partial charge in [-0.15, -0.1) is 11.8 Å². The van der Waals surface area contributed by atoms with Gasteiger partial charge in [-0.3, -0.25) is 24.0 Å². The number of nitrogens with two attached hydrogens (primary N) is 1. The van der Waals surface area contributed by atoms with E-state index in [2.05, 4.69) is 4.98 Å². The van der Waals surface area contributed by atoms with E-state index in [1.807, 2.05) is 60.7 Å². The molecule has 0 fully saturated rings. The first-order chi connectivity index (χ1) is 16.4.